The Morgan fingerprint density at radius 3 is 2.42 bits per heavy atom. The normalized spacial score (nSPS) is 25.5. The van der Waals surface area contributed by atoms with E-state index in [0.717, 1.165) is 83.2 Å². The van der Waals surface area contributed by atoms with Crippen LogP contribution in [0.5, 0.6) is 0 Å². The Hall–Kier alpha value is -1.43. The van der Waals surface area contributed by atoms with Gasteiger partial charge in [0.15, 0.2) is 0 Å². The van der Waals surface area contributed by atoms with Gasteiger partial charge in [-0.05, 0) is 62.4 Å². The molecule has 0 radical (unpaired) electrons. The van der Waals surface area contributed by atoms with E-state index in [-0.39, 0.29) is 5.91 Å². The highest BCUT2D eigenvalue weighted by Crippen LogP contribution is 2.20. The number of hydrogen-bond acceptors (Lipinski definition) is 4. The molecule has 3 aliphatic rings. The van der Waals surface area contributed by atoms with Crippen LogP contribution in [0.15, 0.2) is 24.3 Å². The van der Waals surface area contributed by atoms with Gasteiger partial charge in [0.05, 0.1) is 13.2 Å². The summed E-state index contributed by atoms with van der Waals surface area (Å²) in [5, 5.41) is 3.42. The van der Waals surface area contributed by atoms with Crippen LogP contribution >= 0.6 is 0 Å². The van der Waals surface area contributed by atoms with E-state index in [1.807, 2.05) is 17.0 Å². The Morgan fingerprint density at radius 2 is 1.77 bits per heavy atom. The van der Waals surface area contributed by atoms with E-state index in [4.69, 9.17) is 4.74 Å². The Labute approximate surface area is 156 Å². The third kappa shape index (κ3) is 4.27. The number of piperidine rings is 1. The Kier molecular flexibility index (Phi) is 5.88. The minimum absolute atomic E-state index is 0.194. The van der Waals surface area contributed by atoms with Crippen LogP contribution in [0.25, 0.3) is 0 Å². The molecule has 1 amide bonds. The largest absolute Gasteiger partial charge is 0.379 e. The standard InChI is InChI=1S/C21H31N3O2/c25-21(19-3-1-17(2-4-19)15-18-5-8-22-16-18)24-9-6-20(7-10-24)23-11-13-26-14-12-23/h1-4,18,20,22H,5-16H2. The maximum absolute atomic E-state index is 12.8. The molecule has 26 heavy (non-hydrogen) atoms. The fourth-order valence-electron chi connectivity index (χ4n) is 4.56. The zero-order valence-corrected chi connectivity index (χ0v) is 15.7. The van der Waals surface area contributed by atoms with E-state index in [2.05, 4.69) is 22.3 Å². The zero-order valence-electron chi connectivity index (χ0n) is 15.7. The first-order chi connectivity index (χ1) is 12.8. The lowest BCUT2D eigenvalue weighted by atomic mass is 9.97. The maximum atomic E-state index is 12.8. The summed E-state index contributed by atoms with van der Waals surface area (Å²) >= 11 is 0. The quantitative estimate of drug-likeness (QED) is 0.892. The molecule has 1 N–H and O–H groups in total. The summed E-state index contributed by atoms with van der Waals surface area (Å²) in [4.78, 5) is 17.4. The predicted molar refractivity (Wildman–Crippen MR) is 102 cm³/mol. The molecule has 3 aliphatic heterocycles. The number of rotatable bonds is 4. The molecule has 0 aromatic heterocycles. The van der Waals surface area contributed by atoms with Gasteiger partial charge < -0.3 is 15.0 Å². The van der Waals surface area contributed by atoms with Gasteiger partial charge in [-0.2, -0.15) is 0 Å². The summed E-state index contributed by atoms with van der Waals surface area (Å²) in [6.07, 6.45) is 4.54. The Morgan fingerprint density at radius 1 is 1.04 bits per heavy atom. The molecule has 3 heterocycles. The molecule has 4 rings (SSSR count). The number of ether oxygens (including phenoxy) is 1. The van der Waals surface area contributed by atoms with Crippen LogP contribution in [0, 0.1) is 5.92 Å². The van der Waals surface area contributed by atoms with Crippen LogP contribution in [-0.4, -0.2) is 74.2 Å². The lowest BCUT2D eigenvalue weighted by Crippen LogP contribution is -2.50. The summed E-state index contributed by atoms with van der Waals surface area (Å²) in [6.45, 7) is 7.78. The maximum Gasteiger partial charge on any atom is 0.253 e. The van der Waals surface area contributed by atoms with Gasteiger partial charge in [0.2, 0.25) is 0 Å². The van der Waals surface area contributed by atoms with Crippen LogP contribution in [0.3, 0.4) is 0 Å². The fraction of sp³-hybridized carbons (Fsp3) is 0.667. The summed E-state index contributed by atoms with van der Waals surface area (Å²) in [7, 11) is 0. The number of carbonyl (C=O) groups is 1. The molecule has 3 saturated heterocycles. The van der Waals surface area contributed by atoms with Crippen molar-refractivity contribution < 1.29 is 9.53 Å². The van der Waals surface area contributed by atoms with Crippen molar-refractivity contribution in [3.8, 4) is 0 Å². The van der Waals surface area contributed by atoms with Crippen LogP contribution in [0.2, 0.25) is 0 Å². The molecule has 1 aromatic carbocycles. The summed E-state index contributed by atoms with van der Waals surface area (Å²) in [6, 6.07) is 8.95. The second kappa shape index (κ2) is 8.51. The van der Waals surface area contributed by atoms with Gasteiger partial charge in [-0.25, -0.2) is 0 Å². The van der Waals surface area contributed by atoms with Crippen molar-refractivity contribution >= 4 is 5.91 Å². The second-order valence-corrected chi connectivity index (χ2v) is 7.93. The van der Waals surface area contributed by atoms with Crippen LogP contribution < -0.4 is 5.32 Å². The second-order valence-electron chi connectivity index (χ2n) is 7.93. The molecule has 142 valence electrons. The minimum atomic E-state index is 0.194. The highest BCUT2D eigenvalue weighted by molar-refractivity contribution is 5.94. The van der Waals surface area contributed by atoms with E-state index < -0.39 is 0 Å². The average molecular weight is 357 g/mol. The minimum Gasteiger partial charge on any atom is -0.379 e. The Bertz CT molecular complexity index is 584. The van der Waals surface area contributed by atoms with E-state index >= 15 is 0 Å². The molecule has 1 unspecified atom stereocenters. The molecule has 5 nitrogen and oxygen atoms in total. The van der Waals surface area contributed by atoms with Gasteiger partial charge in [0, 0.05) is 37.8 Å². The molecule has 0 saturated carbocycles. The Balaban J connectivity index is 1.28. The van der Waals surface area contributed by atoms with Gasteiger partial charge in [-0.3, -0.25) is 9.69 Å². The topological polar surface area (TPSA) is 44.8 Å². The number of amides is 1. The zero-order chi connectivity index (χ0) is 17.8. The highest BCUT2D eigenvalue weighted by Gasteiger charge is 2.28. The predicted octanol–water partition coefficient (Wildman–Crippen LogP) is 1.78. The molecular weight excluding hydrogens is 326 g/mol. The van der Waals surface area contributed by atoms with Crippen LogP contribution in [-0.2, 0) is 11.2 Å². The van der Waals surface area contributed by atoms with Crippen LogP contribution in [0.4, 0.5) is 0 Å². The van der Waals surface area contributed by atoms with E-state index in [1.54, 1.807) is 0 Å². The van der Waals surface area contributed by atoms with E-state index in [1.165, 1.54) is 12.0 Å². The smallest absolute Gasteiger partial charge is 0.253 e. The van der Waals surface area contributed by atoms with Crippen molar-refractivity contribution in [2.45, 2.75) is 31.7 Å². The molecule has 0 bridgehead atoms. The van der Waals surface area contributed by atoms with Crippen molar-refractivity contribution in [1.29, 1.82) is 0 Å². The lowest BCUT2D eigenvalue weighted by Gasteiger charge is -2.40. The molecule has 3 fully saturated rings. The van der Waals surface area contributed by atoms with E-state index in [9.17, 15) is 4.79 Å². The number of nitrogens with one attached hydrogen (secondary N) is 1. The van der Waals surface area contributed by atoms with Gasteiger partial charge in [-0.15, -0.1) is 0 Å². The van der Waals surface area contributed by atoms with Crippen molar-refractivity contribution in [1.82, 2.24) is 15.1 Å². The summed E-state index contributed by atoms with van der Waals surface area (Å²) < 4.78 is 5.45. The molecule has 0 aliphatic carbocycles. The first kappa shape index (κ1) is 18.0. The SMILES string of the molecule is O=C(c1ccc(CC2CCNC2)cc1)N1CCC(N2CCOCC2)CC1. The van der Waals surface area contributed by atoms with Gasteiger partial charge in [0.25, 0.3) is 5.91 Å². The molecule has 0 spiro atoms. The van der Waals surface area contributed by atoms with Gasteiger partial charge >= 0.3 is 0 Å². The van der Waals surface area contributed by atoms with Crippen molar-refractivity contribution in [2.24, 2.45) is 5.92 Å². The first-order valence-electron chi connectivity index (χ1n) is 10.2. The van der Waals surface area contributed by atoms with Gasteiger partial charge in [0.1, 0.15) is 0 Å². The number of carbonyl (C=O) groups excluding carboxylic acids is 1. The summed E-state index contributed by atoms with van der Waals surface area (Å²) in [5.41, 5.74) is 2.18. The number of likely N-dealkylation sites (tertiary alicyclic amines) is 1. The van der Waals surface area contributed by atoms with Crippen molar-refractivity contribution in [2.75, 3.05) is 52.5 Å². The third-order valence-corrected chi connectivity index (χ3v) is 6.20. The number of morpholine rings is 1. The van der Waals surface area contributed by atoms with Crippen molar-refractivity contribution in [3.63, 3.8) is 0 Å². The molecular formula is C21H31N3O2. The monoisotopic (exact) mass is 357 g/mol. The third-order valence-electron chi connectivity index (χ3n) is 6.20. The molecule has 5 heteroatoms. The van der Waals surface area contributed by atoms with E-state index in [0.29, 0.717) is 6.04 Å². The number of nitrogens with zero attached hydrogens (tertiary/aromatic N) is 2. The molecule has 1 aromatic rings. The lowest BCUT2D eigenvalue weighted by molar-refractivity contribution is 0.00159. The first-order valence-corrected chi connectivity index (χ1v) is 10.2. The number of hydrogen-bond donors (Lipinski definition) is 1. The number of benzene rings is 1. The summed E-state index contributed by atoms with van der Waals surface area (Å²) in [5.74, 6) is 0.940. The highest BCUT2D eigenvalue weighted by atomic mass is 16.5. The molecule has 1 atom stereocenters. The van der Waals surface area contributed by atoms with Crippen LogP contribution in [0.1, 0.15) is 35.2 Å². The van der Waals surface area contributed by atoms with Crippen molar-refractivity contribution in [3.05, 3.63) is 35.4 Å². The van der Waals surface area contributed by atoms with Gasteiger partial charge in [-0.1, -0.05) is 12.1 Å². The average Bonchev–Trinajstić information content (AvgIpc) is 3.22. The fourth-order valence-corrected chi connectivity index (χ4v) is 4.56.